The van der Waals surface area contributed by atoms with Crippen LogP contribution in [0.2, 0.25) is 10.0 Å². The number of benzene rings is 2. The van der Waals surface area contributed by atoms with Crippen molar-refractivity contribution in [3.05, 3.63) is 57.6 Å². The normalized spacial score (nSPS) is 20.6. The standard InChI is InChI=1S/C19H20Cl2F2N2O3S/c1-11-10-25(5-4-17(11)26)29(27,28)18-6-12(2-3-14(18)20)9-24-13-7-15(21)19(23)16(22)8-13/h2-3,6-8,11,17,24,26H,4-5,9-10H2,1H3. The van der Waals surface area contributed by atoms with Gasteiger partial charge in [-0.2, -0.15) is 4.31 Å². The minimum Gasteiger partial charge on any atom is -0.393 e. The van der Waals surface area contributed by atoms with Gasteiger partial charge in [-0.25, -0.2) is 17.2 Å². The van der Waals surface area contributed by atoms with Gasteiger partial charge in [-0.3, -0.25) is 0 Å². The molecular formula is C19H20Cl2F2N2O3S. The van der Waals surface area contributed by atoms with E-state index in [1.165, 1.54) is 22.5 Å². The lowest BCUT2D eigenvalue weighted by Gasteiger charge is -2.33. The molecule has 1 aliphatic heterocycles. The van der Waals surface area contributed by atoms with Crippen LogP contribution >= 0.6 is 23.2 Å². The highest BCUT2D eigenvalue weighted by atomic mass is 35.5. The Morgan fingerprint density at radius 1 is 1.21 bits per heavy atom. The molecule has 0 amide bonds. The minimum atomic E-state index is -3.84. The van der Waals surface area contributed by atoms with Crippen molar-refractivity contribution in [1.82, 2.24) is 4.31 Å². The van der Waals surface area contributed by atoms with Crippen LogP contribution in [-0.4, -0.2) is 37.0 Å². The lowest BCUT2D eigenvalue weighted by molar-refractivity contribution is 0.0628. The van der Waals surface area contributed by atoms with Gasteiger partial charge >= 0.3 is 0 Å². The van der Waals surface area contributed by atoms with E-state index in [9.17, 15) is 22.3 Å². The number of hydrogen-bond donors (Lipinski definition) is 2. The Bertz CT molecular complexity index is 998. The van der Waals surface area contributed by atoms with Crippen molar-refractivity contribution < 1.29 is 22.3 Å². The van der Waals surface area contributed by atoms with Crippen LogP contribution in [0.5, 0.6) is 0 Å². The zero-order valence-electron chi connectivity index (χ0n) is 15.5. The quantitative estimate of drug-likeness (QED) is 0.648. The summed E-state index contributed by atoms with van der Waals surface area (Å²) in [5, 5.41) is 12.5. The molecule has 1 saturated heterocycles. The SMILES string of the molecule is CC1CN(S(=O)(=O)c2cc(CNc3cc(F)c(F)c(Cl)c3)ccc2Cl)CCC1O. The third-order valence-corrected chi connectivity index (χ3v) is 7.54. The number of hydrogen-bond acceptors (Lipinski definition) is 4. The number of aliphatic hydroxyl groups excluding tert-OH is 1. The molecule has 1 heterocycles. The van der Waals surface area contributed by atoms with Crippen LogP contribution in [-0.2, 0) is 16.6 Å². The summed E-state index contributed by atoms with van der Waals surface area (Å²) in [6.45, 7) is 2.35. The van der Waals surface area contributed by atoms with E-state index in [1.807, 2.05) is 0 Å². The monoisotopic (exact) mass is 464 g/mol. The molecular weight excluding hydrogens is 445 g/mol. The molecule has 3 rings (SSSR count). The first-order chi connectivity index (χ1) is 13.6. The lowest BCUT2D eigenvalue weighted by atomic mass is 9.99. The molecule has 158 valence electrons. The summed E-state index contributed by atoms with van der Waals surface area (Å²) >= 11 is 11.8. The average Bonchev–Trinajstić information content (AvgIpc) is 2.67. The summed E-state index contributed by atoms with van der Waals surface area (Å²) in [6.07, 6.45) is -0.175. The highest BCUT2D eigenvalue weighted by molar-refractivity contribution is 7.89. The molecule has 2 unspecified atom stereocenters. The molecule has 2 atom stereocenters. The Balaban J connectivity index is 1.81. The lowest BCUT2D eigenvalue weighted by Crippen LogP contribution is -2.44. The third kappa shape index (κ3) is 4.83. The number of aliphatic hydroxyl groups is 1. The molecule has 29 heavy (non-hydrogen) atoms. The first-order valence-corrected chi connectivity index (χ1v) is 11.1. The van der Waals surface area contributed by atoms with E-state index in [1.54, 1.807) is 13.0 Å². The summed E-state index contributed by atoms with van der Waals surface area (Å²) < 4.78 is 54.2. The Kier molecular flexibility index (Phi) is 6.70. The second kappa shape index (κ2) is 8.73. The van der Waals surface area contributed by atoms with E-state index in [0.29, 0.717) is 12.0 Å². The Morgan fingerprint density at radius 2 is 1.93 bits per heavy atom. The molecule has 0 radical (unpaired) electrons. The van der Waals surface area contributed by atoms with E-state index in [4.69, 9.17) is 23.2 Å². The summed E-state index contributed by atoms with van der Waals surface area (Å²) in [4.78, 5) is -0.0367. The van der Waals surface area contributed by atoms with Crippen LogP contribution in [0.3, 0.4) is 0 Å². The molecule has 0 aliphatic carbocycles. The third-order valence-electron chi connectivity index (χ3n) is 4.92. The highest BCUT2D eigenvalue weighted by Gasteiger charge is 2.33. The number of anilines is 1. The molecule has 0 spiro atoms. The molecule has 0 bridgehead atoms. The van der Waals surface area contributed by atoms with Gasteiger partial charge in [-0.1, -0.05) is 36.2 Å². The van der Waals surface area contributed by atoms with Gasteiger partial charge in [-0.05, 0) is 36.1 Å². The van der Waals surface area contributed by atoms with E-state index < -0.39 is 27.8 Å². The highest BCUT2D eigenvalue weighted by Crippen LogP contribution is 2.30. The summed E-state index contributed by atoms with van der Waals surface area (Å²) in [5.41, 5.74) is 0.839. The fraction of sp³-hybridized carbons (Fsp3) is 0.368. The van der Waals surface area contributed by atoms with E-state index >= 15 is 0 Å². The number of nitrogens with zero attached hydrogens (tertiary/aromatic N) is 1. The molecule has 10 heteroatoms. The van der Waals surface area contributed by atoms with E-state index in [0.717, 1.165) is 6.07 Å². The van der Waals surface area contributed by atoms with E-state index in [-0.39, 0.29) is 46.2 Å². The topological polar surface area (TPSA) is 69.6 Å². The van der Waals surface area contributed by atoms with Crippen molar-refractivity contribution in [2.75, 3.05) is 18.4 Å². The van der Waals surface area contributed by atoms with Gasteiger partial charge in [0.2, 0.25) is 10.0 Å². The van der Waals surface area contributed by atoms with Crippen LogP contribution < -0.4 is 5.32 Å². The van der Waals surface area contributed by atoms with Crippen molar-refractivity contribution in [3.63, 3.8) is 0 Å². The van der Waals surface area contributed by atoms with Gasteiger partial charge in [0, 0.05) is 31.4 Å². The molecule has 2 aromatic rings. The number of sulfonamides is 1. The van der Waals surface area contributed by atoms with Crippen LogP contribution in [0.4, 0.5) is 14.5 Å². The number of halogens is 4. The van der Waals surface area contributed by atoms with Crippen molar-refractivity contribution in [2.45, 2.75) is 30.9 Å². The van der Waals surface area contributed by atoms with Crippen LogP contribution in [0.1, 0.15) is 18.9 Å². The maximum Gasteiger partial charge on any atom is 0.244 e. The molecule has 1 aliphatic rings. The molecule has 0 saturated carbocycles. The van der Waals surface area contributed by atoms with Gasteiger partial charge in [-0.15, -0.1) is 0 Å². The number of rotatable bonds is 5. The largest absolute Gasteiger partial charge is 0.393 e. The second-order valence-electron chi connectivity index (χ2n) is 7.07. The smallest absolute Gasteiger partial charge is 0.244 e. The molecule has 2 N–H and O–H groups in total. The molecule has 0 aromatic heterocycles. The average molecular weight is 465 g/mol. The zero-order chi connectivity index (χ0) is 21.3. The zero-order valence-corrected chi connectivity index (χ0v) is 17.8. The summed E-state index contributed by atoms with van der Waals surface area (Å²) in [7, 11) is -3.84. The Labute approximate surface area is 178 Å². The first-order valence-electron chi connectivity index (χ1n) is 8.94. The van der Waals surface area contributed by atoms with Crippen LogP contribution in [0.25, 0.3) is 0 Å². The van der Waals surface area contributed by atoms with Gasteiger partial charge in [0.05, 0.1) is 16.1 Å². The fourth-order valence-corrected chi connectivity index (χ4v) is 5.46. The van der Waals surface area contributed by atoms with Gasteiger partial charge in [0.15, 0.2) is 11.6 Å². The Hall–Kier alpha value is -1.45. The summed E-state index contributed by atoms with van der Waals surface area (Å²) in [6, 6.07) is 6.77. The molecule has 5 nitrogen and oxygen atoms in total. The maximum absolute atomic E-state index is 13.5. The maximum atomic E-state index is 13.5. The minimum absolute atomic E-state index is 0.0367. The van der Waals surface area contributed by atoms with Gasteiger partial charge < -0.3 is 10.4 Å². The van der Waals surface area contributed by atoms with E-state index in [2.05, 4.69) is 5.32 Å². The molecule has 2 aromatic carbocycles. The fourth-order valence-electron chi connectivity index (χ4n) is 3.17. The van der Waals surface area contributed by atoms with Crippen molar-refractivity contribution in [2.24, 2.45) is 5.92 Å². The van der Waals surface area contributed by atoms with Crippen molar-refractivity contribution in [3.8, 4) is 0 Å². The van der Waals surface area contributed by atoms with Crippen molar-refractivity contribution in [1.29, 1.82) is 0 Å². The second-order valence-corrected chi connectivity index (χ2v) is 9.79. The van der Waals surface area contributed by atoms with Crippen LogP contribution in [0.15, 0.2) is 35.2 Å². The first kappa shape index (κ1) is 22.2. The number of nitrogens with one attached hydrogen (secondary N) is 1. The van der Waals surface area contributed by atoms with Gasteiger partial charge in [0.1, 0.15) is 4.90 Å². The summed E-state index contributed by atoms with van der Waals surface area (Å²) in [5.74, 6) is -2.39. The predicted molar refractivity (Wildman–Crippen MR) is 109 cm³/mol. The predicted octanol–water partition coefficient (Wildman–Crippen LogP) is 4.28. The Morgan fingerprint density at radius 3 is 2.59 bits per heavy atom. The van der Waals surface area contributed by atoms with Gasteiger partial charge in [0.25, 0.3) is 0 Å². The van der Waals surface area contributed by atoms with Crippen molar-refractivity contribution >= 4 is 38.9 Å². The molecule has 1 fully saturated rings. The number of piperidine rings is 1. The van der Waals surface area contributed by atoms with Crippen LogP contribution in [0, 0.1) is 17.6 Å².